The molecule has 1 aromatic carbocycles. The van der Waals surface area contributed by atoms with Gasteiger partial charge in [-0.25, -0.2) is 13.1 Å². The highest BCUT2D eigenvalue weighted by atomic mass is 32.2. The van der Waals surface area contributed by atoms with E-state index in [1.165, 1.54) is 18.2 Å². The fourth-order valence-corrected chi connectivity index (χ4v) is 4.64. The summed E-state index contributed by atoms with van der Waals surface area (Å²) in [6, 6.07) is 8.17. The van der Waals surface area contributed by atoms with Gasteiger partial charge in [0.15, 0.2) is 11.5 Å². The zero-order chi connectivity index (χ0) is 21.0. The second-order valence-electron chi connectivity index (χ2n) is 7.27. The molecule has 0 unspecified atom stereocenters. The summed E-state index contributed by atoms with van der Waals surface area (Å²) in [5.41, 5.74) is 0. The van der Waals surface area contributed by atoms with Gasteiger partial charge in [0, 0.05) is 31.8 Å². The van der Waals surface area contributed by atoms with Crippen LogP contribution in [0.15, 0.2) is 52.0 Å². The van der Waals surface area contributed by atoms with Gasteiger partial charge in [0.05, 0.1) is 11.2 Å². The molecule has 0 saturated carbocycles. The van der Waals surface area contributed by atoms with Crippen molar-refractivity contribution in [2.45, 2.75) is 17.7 Å². The average Bonchev–Trinajstić information content (AvgIpc) is 3.30. The number of benzene rings is 1. The molecular formula is C21H24N2O6S. The molecule has 2 aliphatic heterocycles. The molecular weight excluding hydrogens is 408 g/mol. The molecule has 4 rings (SSSR count). The Bertz CT molecular complexity index is 1010. The second kappa shape index (κ2) is 8.93. The van der Waals surface area contributed by atoms with Gasteiger partial charge in [0.25, 0.3) is 0 Å². The van der Waals surface area contributed by atoms with E-state index in [1.807, 2.05) is 0 Å². The van der Waals surface area contributed by atoms with Gasteiger partial charge in [0.2, 0.25) is 15.9 Å². The highest BCUT2D eigenvalue weighted by Gasteiger charge is 2.24. The number of carbonyl (C=O) groups is 1. The number of nitrogens with one attached hydrogen (secondary N) is 1. The average molecular weight is 432 g/mol. The number of nitrogens with zero attached hydrogens (tertiary/aromatic N) is 1. The molecule has 0 bridgehead atoms. The molecule has 160 valence electrons. The zero-order valence-corrected chi connectivity index (χ0v) is 17.3. The number of rotatable bonds is 6. The molecule has 0 spiro atoms. The van der Waals surface area contributed by atoms with Gasteiger partial charge in [-0.2, -0.15) is 0 Å². The molecule has 0 atom stereocenters. The Morgan fingerprint density at radius 1 is 1.13 bits per heavy atom. The molecule has 3 heterocycles. The number of carbonyl (C=O) groups excluding carboxylic acids is 1. The molecule has 1 saturated heterocycles. The minimum absolute atomic E-state index is 0.0679. The van der Waals surface area contributed by atoms with E-state index in [9.17, 15) is 13.2 Å². The smallest absolute Gasteiger partial charge is 0.246 e. The summed E-state index contributed by atoms with van der Waals surface area (Å²) in [6.07, 6.45) is 6.19. The molecule has 0 radical (unpaired) electrons. The Labute approximate surface area is 175 Å². The minimum Gasteiger partial charge on any atom is -0.486 e. The third-order valence-electron chi connectivity index (χ3n) is 5.25. The first-order valence-corrected chi connectivity index (χ1v) is 11.4. The van der Waals surface area contributed by atoms with Crippen LogP contribution in [0, 0.1) is 5.92 Å². The minimum atomic E-state index is -3.64. The van der Waals surface area contributed by atoms with Crippen LogP contribution >= 0.6 is 0 Å². The lowest BCUT2D eigenvalue weighted by atomic mass is 9.97. The van der Waals surface area contributed by atoms with E-state index in [1.54, 1.807) is 35.4 Å². The molecule has 1 aromatic heterocycles. The van der Waals surface area contributed by atoms with E-state index in [0.717, 1.165) is 12.8 Å². The van der Waals surface area contributed by atoms with Crippen molar-refractivity contribution in [1.29, 1.82) is 0 Å². The van der Waals surface area contributed by atoms with Crippen LogP contribution in [-0.2, 0) is 14.8 Å². The van der Waals surface area contributed by atoms with E-state index < -0.39 is 10.0 Å². The molecule has 30 heavy (non-hydrogen) atoms. The van der Waals surface area contributed by atoms with Gasteiger partial charge in [-0.15, -0.1) is 0 Å². The third kappa shape index (κ3) is 4.85. The summed E-state index contributed by atoms with van der Waals surface area (Å²) in [4.78, 5) is 14.2. The van der Waals surface area contributed by atoms with Gasteiger partial charge < -0.3 is 18.8 Å². The Hall–Kier alpha value is -2.78. The zero-order valence-electron chi connectivity index (χ0n) is 16.5. The molecule has 1 amide bonds. The number of amides is 1. The number of ether oxygens (including phenoxy) is 2. The van der Waals surface area contributed by atoms with Crippen LogP contribution in [0.3, 0.4) is 0 Å². The Balaban J connectivity index is 1.27. The summed E-state index contributed by atoms with van der Waals surface area (Å²) in [7, 11) is -3.64. The predicted molar refractivity (Wildman–Crippen MR) is 110 cm³/mol. The topological polar surface area (TPSA) is 98.1 Å². The first-order valence-electron chi connectivity index (χ1n) is 9.91. The number of fused-ring (bicyclic) bond motifs is 1. The highest BCUT2D eigenvalue weighted by Crippen LogP contribution is 2.32. The Kier molecular flexibility index (Phi) is 6.10. The largest absolute Gasteiger partial charge is 0.486 e. The van der Waals surface area contributed by atoms with Crippen LogP contribution in [0.4, 0.5) is 0 Å². The number of likely N-dealkylation sites (tertiary alicyclic amines) is 1. The first kappa shape index (κ1) is 20.5. The van der Waals surface area contributed by atoms with Crippen molar-refractivity contribution in [3.05, 3.63) is 48.4 Å². The van der Waals surface area contributed by atoms with Crippen LogP contribution in [0.25, 0.3) is 6.08 Å². The van der Waals surface area contributed by atoms with Crippen molar-refractivity contribution in [2.75, 3.05) is 32.8 Å². The van der Waals surface area contributed by atoms with E-state index in [-0.39, 0.29) is 16.7 Å². The van der Waals surface area contributed by atoms with Crippen molar-refractivity contribution in [2.24, 2.45) is 5.92 Å². The fourth-order valence-electron chi connectivity index (χ4n) is 3.50. The summed E-state index contributed by atoms with van der Waals surface area (Å²) >= 11 is 0. The third-order valence-corrected chi connectivity index (χ3v) is 6.67. The van der Waals surface area contributed by atoms with Gasteiger partial charge in [-0.3, -0.25) is 4.79 Å². The monoisotopic (exact) mass is 432 g/mol. The van der Waals surface area contributed by atoms with Crippen molar-refractivity contribution < 1.29 is 27.1 Å². The van der Waals surface area contributed by atoms with E-state index in [0.29, 0.717) is 50.1 Å². The van der Waals surface area contributed by atoms with Crippen molar-refractivity contribution in [3.63, 3.8) is 0 Å². The number of hydrogen-bond acceptors (Lipinski definition) is 6. The number of sulfonamides is 1. The molecule has 9 heteroatoms. The lowest BCUT2D eigenvalue weighted by Crippen LogP contribution is -2.40. The lowest BCUT2D eigenvalue weighted by molar-refractivity contribution is -0.127. The van der Waals surface area contributed by atoms with Gasteiger partial charge >= 0.3 is 0 Å². The Morgan fingerprint density at radius 2 is 1.90 bits per heavy atom. The van der Waals surface area contributed by atoms with Crippen LogP contribution in [-0.4, -0.2) is 52.1 Å². The molecule has 1 N–H and O–H groups in total. The summed E-state index contributed by atoms with van der Waals surface area (Å²) in [6.45, 7) is 2.38. The van der Waals surface area contributed by atoms with Crippen LogP contribution in [0.2, 0.25) is 0 Å². The first-order chi connectivity index (χ1) is 14.5. The van der Waals surface area contributed by atoms with Crippen LogP contribution < -0.4 is 14.2 Å². The number of furan rings is 1. The maximum absolute atomic E-state index is 12.6. The van der Waals surface area contributed by atoms with Gasteiger partial charge in [0.1, 0.15) is 19.0 Å². The van der Waals surface area contributed by atoms with Crippen molar-refractivity contribution >= 4 is 22.0 Å². The molecule has 0 aliphatic carbocycles. The highest BCUT2D eigenvalue weighted by molar-refractivity contribution is 7.89. The SMILES string of the molecule is O=C(/C=C/c1ccco1)N1CCC(CNS(=O)(=O)c2ccc3c(c2)OCCO3)CC1. The standard InChI is InChI=1S/C21H24N2O6S/c24-21(6-3-17-2-1-11-27-17)23-9-7-16(8-10-23)15-22-30(25,26)18-4-5-19-20(14-18)29-13-12-28-19/h1-6,11,14,16,22H,7-10,12-13,15H2/b6-3+. The predicted octanol–water partition coefficient (Wildman–Crippen LogP) is 2.28. The van der Waals surface area contributed by atoms with Crippen molar-refractivity contribution in [1.82, 2.24) is 9.62 Å². The molecule has 8 nitrogen and oxygen atoms in total. The van der Waals surface area contributed by atoms with Crippen LogP contribution in [0.1, 0.15) is 18.6 Å². The maximum Gasteiger partial charge on any atom is 0.246 e. The second-order valence-corrected chi connectivity index (χ2v) is 9.04. The number of hydrogen-bond donors (Lipinski definition) is 1. The van der Waals surface area contributed by atoms with E-state index >= 15 is 0 Å². The number of piperidine rings is 1. The normalized spacial score (nSPS) is 17.4. The van der Waals surface area contributed by atoms with E-state index in [4.69, 9.17) is 13.9 Å². The quantitative estimate of drug-likeness (QED) is 0.704. The fraction of sp³-hybridized carbons (Fsp3) is 0.381. The molecule has 2 aliphatic rings. The van der Waals surface area contributed by atoms with Crippen molar-refractivity contribution in [3.8, 4) is 11.5 Å². The summed E-state index contributed by atoms with van der Waals surface area (Å²) in [5, 5.41) is 0. The summed E-state index contributed by atoms with van der Waals surface area (Å²) < 4.78 is 44.0. The van der Waals surface area contributed by atoms with Gasteiger partial charge in [-0.1, -0.05) is 0 Å². The van der Waals surface area contributed by atoms with Crippen LogP contribution in [0.5, 0.6) is 11.5 Å². The van der Waals surface area contributed by atoms with E-state index in [2.05, 4.69) is 4.72 Å². The molecule has 1 fully saturated rings. The molecule has 2 aromatic rings. The summed E-state index contributed by atoms with van der Waals surface area (Å²) in [5.74, 6) is 1.74. The lowest BCUT2D eigenvalue weighted by Gasteiger charge is -2.31. The van der Waals surface area contributed by atoms with Gasteiger partial charge in [-0.05, 0) is 49.1 Å². The maximum atomic E-state index is 12.6. The Morgan fingerprint density at radius 3 is 2.63 bits per heavy atom.